The number of benzene rings is 3. The number of aromatic hydroxyl groups is 1. The quantitative estimate of drug-likeness (QED) is 0.595. The van der Waals surface area contributed by atoms with Crippen molar-refractivity contribution in [3.63, 3.8) is 0 Å². The van der Waals surface area contributed by atoms with Gasteiger partial charge in [-0.3, -0.25) is 14.4 Å². The topological polar surface area (TPSA) is 77.9 Å². The van der Waals surface area contributed by atoms with Gasteiger partial charge in [0, 0.05) is 36.5 Å². The molecule has 0 aliphatic carbocycles. The third-order valence-electron chi connectivity index (χ3n) is 7.17. The average Bonchev–Trinajstić information content (AvgIpc) is 3.38. The molecule has 0 radical (unpaired) electrons. The monoisotopic (exact) mass is 456 g/mol. The molecule has 0 bridgehead atoms. The minimum atomic E-state index is -0.528. The van der Waals surface area contributed by atoms with E-state index in [1.54, 1.807) is 21.9 Å². The van der Waals surface area contributed by atoms with Crippen LogP contribution >= 0.6 is 0 Å². The normalized spacial score (nSPS) is 18.9. The highest BCUT2D eigenvalue weighted by Gasteiger charge is 2.39. The Hall–Kier alpha value is -3.67. The summed E-state index contributed by atoms with van der Waals surface area (Å²) in [5, 5.41) is 12.2. The molecular weight excluding hydrogens is 428 g/mol. The summed E-state index contributed by atoms with van der Waals surface area (Å²) < 4.78 is 0. The number of amides is 2. The van der Waals surface area contributed by atoms with E-state index < -0.39 is 6.04 Å². The molecule has 2 heterocycles. The first kappa shape index (κ1) is 22.1. The Bertz CT molecular complexity index is 1230. The van der Waals surface area contributed by atoms with Crippen LogP contribution in [0.4, 0.5) is 0 Å². The molecule has 0 spiro atoms. The molecule has 3 aromatic rings. The Morgan fingerprint density at radius 2 is 1.50 bits per heavy atom. The number of Topliss-reactive ketones (excluding diaryl/α,β-unsaturated/α-hetero) is 1. The maximum atomic E-state index is 13.4. The fourth-order valence-electron chi connectivity index (χ4n) is 5.26. The standard InChI is InChI=1S/C28H28N2O4/c31-25(20-8-2-1-3-9-20)21-14-17-29(18-15-21)28(34)24-11-6-16-30(24)27(33)23-13-12-19-7-4-5-10-22(19)26(23)32/h1-5,7-10,12-13,21,24,32H,6,11,14-18H2. The summed E-state index contributed by atoms with van der Waals surface area (Å²) in [6, 6.07) is 19.6. The SMILES string of the molecule is O=C(c1ccccc1)C1CCN(C(=O)C2CCCN2C(=O)c2ccc3ccccc3c2O)CC1. The van der Waals surface area contributed by atoms with Gasteiger partial charge in [-0.15, -0.1) is 0 Å². The van der Waals surface area contributed by atoms with Crippen molar-refractivity contribution < 1.29 is 19.5 Å². The lowest BCUT2D eigenvalue weighted by Gasteiger charge is -2.35. The highest BCUT2D eigenvalue weighted by molar-refractivity contribution is 6.05. The molecule has 6 nitrogen and oxygen atoms in total. The van der Waals surface area contributed by atoms with Crippen LogP contribution in [0.15, 0.2) is 66.7 Å². The zero-order valence-electron chi connectivity index (χ0n) is 19.0. The van der Waals surface area contributed by atoms with Crippen LogP contribution in [0.25, 0.3) is 10.8 Å². The molecule has 2 aliphatic heterocycles. The van der Waals surface area contributed by atoms with Crippen molar-refractivity contribution >= 4 is 28.4 Å². The van der Waals surface area contributed by atoms with Gasteiger partial charge in [0.15, 0.2) is 5.78 Å². The summed E-state index contributed by atoms with van der Waals surface area (Å²) in [6.45, 7) is 1.52. The first-order valence-electron chi connectivity index (χ1n) is 11.9. The lowest BCUT2D eigenvalue weighted by atomic mass is 9.88. The molecular formula is C28H28N2O4. The van der Waals surface area contributed by atoms with Crippen molar-refractivity contribution in [3.05, 3.63) is 77.9 Å². The molecule has 1 atom stereocenters. The van der Waals surface area contributed by atoms with Gasteiger partial charge in [-0.05, 0) is 37.1 Å². The van der Waals surface area contributed by atoms with Gasteiger partial charge < -0.3 is 14.9 Å². The number of carbonyl (C=O) groups is 3. The van der Waals surface area contributed by atoms with E-state index in [1.807, 2.05) is 54.6 Å². The number of hydrogen-bond donors (Lipinski definition) is 1. The summed E-state index contributed by atoms with van der Waals surface area (Å²) in [5.41, 5.74) is 0.945. The lowest BCUT2D eigenvalue weighted by Crippen LogP contribution is -2.50. The zero-order valence-corrected chi connectivity index (χ0v) is 19.0. The van der Waals surface area contributed by atoms with Crippen molar-refractivity contribution in [2.45, 2.75) is 31.7 Å². The number of carbonyl (C=O) groups excluding carboxylic acids is 3. The second kappa shape index (κ2) is 9.29. The highest BCUT2D eigenvalue weighted by atomic mass is 16.3. The Labute approximate surface area is 198 Å². The Kier molecular flexibility index (Phi) is 6.05. The minimum absolute atomic E-state index is 0.0403. The van der Waals surface area contributed by atoms with E-state index in [0.717, 1.165) is 17.4 Å². The number of nitrogens with zero attached hydrogens (tertiary/aromatic N) is 2. The highest BCUT2D eigenvalue weighted by Crippen LogP contribution is 2.32. The Morgan fingerprint density at radius 3 is 2.26 bits per heavy atom. The molecule has 0 saturated carbocycles. The molecule has 1 unspecified atom stereocenters. The number of likely N-dealkylation sites (tertiary alicyclic amines) is 2. The molecule has 2 amide bonds. The molecule has 5 rings (SSSR count). The van der Waals surface area contributed by atoms with Crippen molar-refractivity contribution in [3.8, 4) is 5.75 Å². The van der Waals surface area contributed by atoms with Crippen LogP contribution in [0.5, 0.6) is 5.75 Å². The van der Waals surface area contributed by atoms with Gasteiger partial charge >= 0.3 is 0 Å². The number of fused-ring (bicyclic) bond motifs is 1. The maximum absolute atomic E-state index is 13.4. The molecule has 174 valence electrons. The van der Waals surface area contributed by atoms with Crippen LogP contribution in [-0.2, 0) is 4.79 Å². The van der Waals surface area contributed by atoms with E-state index in [1.165, 1.54) is 0 Å². The van der Waals surface area contributed by atoms with Gasteiger partial charge in [0.2, 0.25) is 5.91 Å². The molecule has 6 heteroatoms. The van der Waals surface area contributed by atoms with Gasteiger partial charge in [0.1, 0.15) is 11.8 Å². The van der Waals surface area contributed by atoms with Crippen molar-refractivity contribution in [1.29, 1.82) is 0 Å². The van der Waals surface area contributed by atoms with E-state index in [2.05, 4.69) is 0 Å². The summed E-state index contributed by atoms with van der Waals surface area (Å²) >= 11 is 0. The number of ketones is 1. The summed E-state index contributed by atoms with van der Waals surface area (Å²) in [5.74, 6) is -0.356. The van der Waals surface area contributed by atoms with E-state index in [4.69, 9.17) is 0 Å². The van der Waals surface area contributed by atoms with Crippen LogP contribution in [0, 0.1) is 5.92 Å². The van der Waals surface area contributed by atoms with E-state index in [9.17, 15) is 19.5 Å². The third-order valence-corrected chi connectivity index (χ3v) is 7.17. The van der Waals surface area contributed by atoms with Gasteiger partial charge in [-0.2, -0.15) is 0 Å². The van der Waals surface area contributed by atoms with Gasteiger partial charge in [-0.25, -0.2) is 0 Å². The van der Waals surface area contributed by atoms with Crippen LogP contribution in [-0.4, -0.2) is 58.2 Å². The number of phenolic OH excluding ortho intramolecular Hbond substituents is 1. The molecule has 0 aromatic heterocycles. The predicted molar refractivity (Wildman–Crippen MR) is 130 cm³/mol. The van der Waals surface area contributed by atoms with E-state index in [-0.39, 0.29) is 34.8 Å². The summed E-state index contributed by atoms with van der Waals surface area (Å²) in [6.07, 6.45) is 2.62. The molecule has 2 saturated heterocycles. The fraction of sp³-hybridized carbons (Fsp3) is 0.321. The minimum Gasteiger partial charge on any atom is -0.506 e. The van der Waals surface area contributed by atoms with E-state index >= 15 is 0 Å². The first-order chi connectivity index (χ1) is 16.5. The van der Waals surface area contributed by atoms with Crippen molar-refractivity contribution in [2.75, 3.05) is 19.6 Å². The lowest BCUT2D eigenvalue weighted by molar-refractivity contribution is -0.136. The smallest absolute Gasteiger partial charge is 0.258 e. The van der Waals surface area contributed by atoms with Gasteiger partial charge in [0.25, 0.3) is 5.91 Å². The molecule has 3 aromatic carbocycles. The largest absolute Gasteiger partial charge is 0.506 e. The average molecular weight is 457 g/mol. The fourth-order valence-corrected chi connectivity index (χ4v) is 5.26. The van der Waals surface area contributed by atoms with Crippen LogP contribution in [0.1, 0.15) is 46.4 Å². The molecule has 2 fully saturated rings. The number of phenols is 1. The van der Waals surface area contributed by atoms with Crippen LogP contribution in [0.3, 0.4) is 0 Å². The van der Waals surface area contributed by atoms with Crippen LogP contribution in [0.2, 0.25) is 0 Å². The first-order valence-corrected chi connectivity index (χ1v) is 11.9. The summed E-state index contributed by atoms with van der Waals surface area (Å²) in [7, 11) is 0. The second-order valence-electron chi connectivity index (χ2n) is 9.17. The van der Waals surface area contributed by atoms with E-state index in [0.29, 0.717) is 44.3 Å². The molecule has 2 aliphatic rings. The molecule has 1 N–H and O–H groups in total. The predicted octanol–water partition coefficient (Wildman–Crippen LogP) is 4.27. The number of hydrogen-bond acceptors (Lipinski definition) is 4. The second-order valence-corrected chi connectivity index (χ2v) is 9.17. The third kappa shape index (κ3) is 4.04. The Balaban J connectivity index is 1.27. The van der Waals surface area contributed by atoms with Gasteiger partial charge in [-0.1, -0.05) is 60.7 Å². The van der Waals surface area contributed by atoms with Gasteiger partial charge in [0.05, 0.1) is 5.56 Å². The Morgan fingerprint density at radius 1 is 0.794 bits per heavy atom. The summed E-state index contributed by atoms with van der Waals surface area (Å²) in [4.78, 5) is 42.9. The molecule has 34 heavy (non-hydrogen) atoms. The number of rotatable bonds is 4. The van der Waals surface area contributed by atoms with Crippen molar-refractivity contribution in [2.24, 2.45) is 5.92 Å². The van der Waals surface area contributed by atoms with Crippen LogP contribution < -0.4 is 0 Å². The van der Waals surface area contributed by atoms with Crippen molar-refractivity contribution in [1.82, 2.24) is 9.80 Å². The zero-order chi connectivity index (χ0) is 23.7. The number of piperidine rings is 1. The maximum Gasteiger partial charge on any atom is 0.258 e.